The van der Waals surface area contributed by atoms with E-state index in [-0.39, 0.29) is 19.0 Å². The third-order valence-corrected chi connectivity index (χ3v) is 2.53. The predicted molar refractivity (Wildman–Crippen MR) is 57.4 cm³/mol. The molecule has 0 saturated carbocycles. The molecule has 2 heterocycles. The van der Waals surface area contributed by atoms with E-state index in [9.17, 15) is 18.0 Å². The summed E-state index contributed by atoms with van der Waals surface area (Å²) < 4.78 is 48.4. The van der Waals surface area contributed by atoms with Crippen LogP contribution in [0.3, 0.4) is 0 Å². The smallest absolute Gasteiger partial charge is 0.376 e. The Labute approximate surface area is 106 Å². The Morgan fingerprint density at radius 2 is 2.26 bits per heavy atom. The van der Waals surface area contributed by atoms with Crippen molar-refractivity contribution in [2.24, 2.45) is 7.05 Å². The normalized spacial score (nSPS) is 20.3. The molecule has 1 aliphatic rings. The Hall–Kier alpha value is -1.61. The molecule has 1 aliphatic heterocycles. The van der Waals surface area contributed by atoms with Crippen LogP contribution in [-0.2, 0) is 27.5 Å². The molecule has 1 fully saturated rings. The van der Waals surface area contributed by atoms with Crippen molar-refractivity contribution in [1.29, 1.82) is 0 Å². The van der Waals surface area contributed by atoms with Crippen molar-refractivity contribution in [2.75, 3.05) is 25.1 Å². The van der Waals surface area contributed by atoms with E-state index in [4.69, 9.17) is 9.47 Å². The minimum absolute atomic E-state index is 0.0742. The summed E-state index contributed by atoms with van der Waals surface area (Å²) in [6.45, 7) is 0.741. The molecule has 1 saturated heterocycles. The number of nitrogens with one attached hydrogen (secondary N) is 1. The number of hydrogen-bond acceptors (Lipinski definition) is 4. The standard InChI is InChI=1S/C10H12F3N3O3/c1-16-7(10(11,12)13)4-8(15-16)14-9(17)6-5-18-2-3-19-6/h4,6H,2-3,5H2,1H3,(H,14,15,17). The minimum atomic E-state index is -4.52. The molecule has 0 aliphatic carbocycles. The van der Waals surface area contributed by atoms with Crippen molar-refractivity contribution >= 4 is 11.7 Å². The van der Waals surface area contributed by atoms with Gasteiger partial charge in [0.2, 0.25) is 0 Å². The fourth-order valence-corrected chi connectivity index (χ4v) is 1.64. The Kier molecular flexibility index (Phi) is 3.76. The van der Waals surface area contributed by atoms with Crippen LogP contribution in [0.5, 0.6) is 0 Å². The predicted octanol–water partition coefficient (Wildman–Crippen LogP) is 0.793. The summed E-state index contributed by atoms with van der Waals surface area (Å²) >= 11 is 0. The van der Waals surface area contributed by atoms with Crippen LogP contribution in [0, 0.1) is 0 Å². The summed E-state index contributed by atoms with van der Waals surface area (Å²) in [5, 5.41) is 5.85. The first-order valence-electron chi connectivity index (χ1n) is 5.49. The number of anilines is 1. The maximum absolute atomic E-state index is 12.5. The number of nitrogens with zero attached hydrogens (tertiary/aromatic N) is 2. The topological polar surface area (TPSA) is 65.4 Å². The molecule has 0 spiro atoms. The average molecular weight is 279 g/mol. The number of alkyl halides is 3. The van der Waals surface area contributed by atoms with Crippen molar-refractivity contribution < 1.29 is 27.4 Å². The number of hydrogen-bond donors (Lipinski definition) is 1. The molecule has 1 N–H and O–H groups in total. The van der Waals surface area contributed by atoms with Crippen LogP contribution in [0.15, 0.2) is 6.07 Å². The summed E-state index contributed by atoms with van der Waals surface area (Å²) in [7, 11) is 1.15. The van der Waals surface area contributed by atoms with Gasteiger partial charge in [-0.25, -0.2) is 0 Å². The lowest BCUT2D eigenvalue weighted by molar-refractivity contribution is -0.144. The van der Waals surface area contributed by atoms with Crippen LogP contribution < -0.4 is 5.32 Å². The molecule has 106 valence electrons. The van der Waals surface area contributed by atoms with Gasteiger partial charge in [0.05, 0.1) is 19.8 Å². The molecule has 1 aromatic heterocycles. The highest BCUT2D eigenvalue weighted by Gasteiger charge is 2.35. The second kappa shape index (κ2) is 5.17. The number of carbonyl (C=O) groups is 1. The highest BCUT2D eigenvalue weighted by atomic mass is 19.4. The van der Waals surface area contributed by atoms with Crippen LogP contribution in [0.4, 0.5) is 19.0 Å². The van der Waals surface area contributed by atoms with Crippen molar-refractivity contribution in [2.45, 2.75) is 12.3 Å². The van der Waals surface area contributed by atoms with Gasteiger partial charge in [-0.2, -0.15) is 18.3 Å². The fourth-order valence-electron chi connectivity index (χ4n) is 1.64. The zero-order valence-electron chi connectivity index (χ0n) is 10.0. The van der Waals surface area contributed by atoms with E-state index >= 15 is 0 Å². The average Bonchev–Trinajstić information content (AvgIpc) is 2.71. The van der Waals surface area contributed by atoms with Crippen LogP contribution in [0.2, 0.25) is 0 Å². The number of halogens is 3. The first kappa shape index (κ1) is 13.8. The third-order valence-electron chi connectivity index (χ3n) is 2.53. The van der Waals surface area contributed by atoms with E-state index in [1.807, 2.05) is 0 Å². The highest BCUT2D eigenvalue weighted by molar-refractivity contribution is 5.93. The minimum Gasteiger partial charge on any atom is -0.376 e. The van der Waals surface area contributed by atoms with Gasteiger partial charge in [0.25, 0.3) is 5.91 Å². The van der Waals surface area contributed by atoms with E-state index in [2.05, 4.69) is 10.4 Å². The van der Waals surface area contributed by atoms with Crippen LogP contribution in [-0.4, -0.2) is 41.6 Å². The lowest BCUT2D eigenvalue weighted by Gasteiger charge is -2.21. The summed E-state index contributed by atoms with van der Waals surface area (Å²) in [5.74, 6) is -0.750. The molecular weight excluding hydrogens is 267 g/mol. The fraction of sp³-hybridized carbons (Fsp3) is 0.600. The van der Waals surface area contributed by atoms with Crippen LogP contribution in [0.25, 0.3) is 0 Å². The summed E-state index contributed by atoms with van der Waals surface area (Å²) in [6.07, 6.45) is -5.35. The number of carbonyl (C=O) groups excluding carboxylic acids is 1. The number of aryl methyl sites for hydroxylation is 1. The second-order valence-corrected chi connectivity index (χ2v) is 3.96. The van der Waals surface area contributed by atoms with Gasteiger partial charge >= 0.3 is 6.18 Å². The SMILES string of the molecule is Cn1nc(NC(=O)C2COCCO2)cc1C(F)(F)F. The summed E-state index contributed by atoms with van der Waals surface area (Å²) in [6, 6.07) is 0.765. The largest absolute Gasteiger partial charge is 0.433 e. The molecule has 1 unspecified atom stereocenters. The Morgan fingerprint density at radius 3 is 2.79 bits per heavy atom. The van der Waals surface area contributed by atoms with Crippen molar-refractivity contribution in [3.05, 3.63) is 11.8 Å². The van der Waals surface area contributed by atoms with E-state index in [1.165, 1.54) is 0 Å². The molecule has 1 aromatic rings. The highest BCUT2D eigenvalue weighted by Crippen LogP contribution is 2.30. The van der Waals surface area contributed by atoms with Crippen molar-refractivity contribution in [1.82, 2.24) is 9.78 Å². The van der Waals surface area contributed by atoms with Gasteiger partial charge < -0.3 is 14.8 Å². The zero-order chi connectivity index (χ0) is 14.0. The molecule has 0 bridgehead atoms. The van der Waals surface area contributed by atoms with Gasteiger partial charge in [-0.05, 0) is 0 Å². The molecule has 1 atom stereocenters. The quantitative estimate of drug-likeness (QED) is 0.869. The van der Waals surface area contributed by atoms with E-state index in [1.54, 1.807) is 0 Å². The maximum Gasteiger partial charge on any atom is 0.433 e. The molecule has 0 radical (unpaired) electrons. The molecule has 9 heteroatoms. The Bertz CT molecular complexity index is 466. The summed E-state index contributed by atoms with van der Waals surface area (Å²) in [5.41, 5.74) is -0.941. The van der Waals surface area contributed by atoms with Gasteiger partial charge in [0.1, 0.15) is 5.69 Å². The molecule has 0 aromatic carbocycles. The first-order chi connectivity index (χ1) is 8.88. The number of amides is 1. The molecular formula is C10H12F3N3O3. The van der Waals surface area contributed by atoms with Crippen LogP contribution >= 0.6 is 0 Å². The van der Waals surface area contributed by atoms with Gasteiger partial charge in [-0.15, -0.1) is 0 Å². The van der Waals surface area contributed by atoms with E-state index < -0.39 is 23.9 Å². The van der Waals surface area contributed by atoms with E-state index in [0.717, 1.165) is 13.1 Å². The number of aromatic nitrogens is 2. The zero-order valence-corrected chi connectivity index (χ0v) is 10.0. The van der Waals surface area contributed by atoms with Gasteiger partial charge in [-0.3, -0.25) is 9.48 Å². The Balaban J connectivity index is 2.05. The number of rotatable bonds is 2. The van der Waals surface area contributed by atoms with Gasteiger partial charge in [0.15, 0.2) is 11.9 Å². The number of ether oxygens (including phenoxy) is 2. The molecule has 6 nitrogen and oxygen atoms in total. The lowest BCUT2D eigenvalue weighted by atomic mass is 10.3. The van der Waals surface area contributed by atoms with Gasteiger partial charge in [0, 0.05) is 13.1 Å². The lowest BCUT2D eigenvalue weighted by Crippen LogP contribution is -2.39. The van der Waals surface area contributed by atoms with Crippen molar-refractivity contribution in [3.63, 3.8) is 0 Å². The molecule has 2 rings (SSSR count). The van der Waals surface area contributed by atoms with Crippen molar-refractivity contribution in [3.8, 4) is 0 Å². The first-order valence-corrected chi connectivity index (χ1v) is 5.49. The van der Waals surface area contributed by atoms with E-state index in [0.29, 0.717) is 11.3 Å². The van der Waals surface area contributed by atoms with Crippen LogP contribution in [0.1, 0.15) is 5.69 Å². The monoisotopic (exact) mass is 279 g/mol. The Morgan fingerprint density at radius 1 is 1.53 bits per heavy atom. The van der Waals surface area contributed by atoms with Gasteiger partial charge in [-0.1, -0.05) is 0 Å². The second-order valence-electron chi connectivity index (χ2n) is 3.96. The summed E-state index contributed by atoms with van der Waals surface area (Å²) in [4.78, 5) is 11.7. The molecule has 19 heavy (non-hydrogen) atoms. The third kappa shape index (κ3) is 3.24. The maximum atomic E-state index is 12.5. The molecule has 1 amide bonds.